The highest BCUT2D eigenvalue weighted by molar-refractivity contribution is 9.10. The number of hydrogen-bond acceptors (Lipinski definition) is 3. The number of rotatable bonds is 7. The van der Waals surface area contributed by atoms with Crippen LogP contribution in [0, 0.1) is 0 Å². The second kappa shape index (κ2) is 7.39. The van der Waals surface area contributed by atoms with Gasteiger partial charge in [-0.3, -0.25) is 4.90 Å². The molecule has 4 heteroatoms. The Morgan fingerprint density at radius 3 is 2.80 bits per heavy atom. The molecule has 86 valence electrons. The first-order valence-corrected chi connectivity index (χ1v) is 7.03. The predicted molar refractivity (Wildman–Crippen MR) is 71.5 cm³/mol. The van der Waals surface area contributed by atoms with Gasteiger partial charge in [0.05, 0.1) is 0 Å². The van der Waals surface area contributed by atoms with Crippen LogP contribution in [-0.4, -0.2) is 31.6 Å². The van der Waals surface area contributed by atoms with Gasteiger partial charge in [-0.2, -0.15) is 0 Å². The molecule has 0 aliphatic carbocycles. The molecule has 0 amide bonds. The van der Waals surface area contributed by atoms with Crippen LogP contribution in [0.1, 0.15) is 18.2 Å². The third-order valence-electron chi connectivity index (χ3n) is 2.22. The Bertz CT molecular complexity index is 275. The Kier molecular flexibility index (Phi) is 6.48. The molecule has 15 heavy (non-hydrogen) atoms. The van der Waals surface area contributed by atoms with Gasteiger partial charge >= 0.3 is 0 Å². The molecule has 0 fully saturated rings. The van der Waals surface area contributed by atoms with Gasteiger partial charge in [0, 0.05) is 34.4 Å². The van der Waals surface area contributed by atoms with E-state index in [4.69, 9.17) is 0 Å². The molecule has 0 saturated carbocycles. The number of nitrogens with zero attached hydrogens (tertiary/aromatic N) is 1. The fourth-order valence-corrected chi connectivity index (χ4v) is 3.01. The van der Waals surface area contributed by atoms with Gasteiger partial charge in [-0.05, 0) is 42.0 Å². The van der Waals surface area contributed by atoms with Crippen LogP contribution in [0.15, 0.2) is 15.9 Å². The number of thiophene rings is 1. The quantitative estimate of drug-likeness (QED) is 0.831. The normalized spacial score (nSPS) is 11.2. The Hall–Kier alpha value is 0.1000. The van der Waals surface area contributed by atoms with Gasteiger partial charge in [-0.1, -0.05) is 6.92 Å². The summed E-state index contributed by atoms with van der Waals surface area (Å²) in [6.07, 6.45) is 1.22. The minimum atomic E-state index is 1.06. The van der Waals surface area contributed by atoms with E-state index >= 15 is 0 Å². The van der Waals surface area contributed by atoms with Crippen molar-refractivity contribution in [1.82, 2.24) is 10.2 Å². The van der Waals surface area contributed by atoms with Crippen molar-refractivity contribution in [2.75, 3.05) is 26.7 Å². The maximum Gasteiger partial charge on any atom is 0.0328 e. The first kappa shape index (κ1) is 13.2. The zero-order valence-electron chi connectivity index (χ0n) is 9.42. The van der Waals surface area contributed by atoms with Crippen LogP contribution in [0.25, 0.3) is 0 Å². The second-order valence-corrected chi connectivity index (χ2v) is 5.52. The molecule has 0 saturated heterocycles. The standard InChI is InChI=1S/C11H19BrN2S/c1-3-5-14(6-4-13-2)8-11-7-10(12)9-15-11/h7,9,13H,3-6,8H2,1-2H3. The van der Waals surface area contributed by atoms with Crippen LogP contribution >= 0.6 is 27.3 Å². The molecule has 0 unspecified atom stereocenters. The lowest BCUT2D eigenvalue weighted by Gasteiger charge is -2.20. The molecule has 1 rings (SSSR count). The van der Waals surface area contributed by atoms with E-state index in [0.717, 1.165) is 19.6 Å². The van der Waals surface area contributed by atoms with E-state index in [1.54, 1.807) is 0 Å². The topological polar surface area (TPSA) is 15.3 Å². The van der Waals surface area contributed by atoms with E-state index in [0.29, 0.717) is 0 Å². The van der Waals surface area contributed by atoms with Crippen molar-refractivity contribution in [3.8, 4) is 0 Å². The van der Waals surface area contributed by atoms with Crippen LogP contribution in [-0.2, 0) is 6.54 Å². The third kappa shape index (κ3) is 5.11. The SMILES string of the molecule is CCCN(CCNC)Cc1cc(Br)cs1. The highest BCUT2D eigenvalue weighted by Gasteiger charge is 2.05. The van der Waals surface area contributed by atoms with E-state index in [9.17, 15) is 0 Å². The molecule has 0 atom stereocenters. The lowest BCUT2D eigenvalue weighted by atomic mass is 10.3. The summed E-state index contributed by atoms with van der Waals surface area (Å²) in [7, 11) is 2.01. The summed E-state index contributed by atoms with van der Waals surface area (Å²) in [6.45, 7) is 6.67. The number of likely N-dealkylation sites (N-methyl/N-ethyl adjacent to an activating group) is 1. The minimum Gasteiger partial charge on any atom is -0.318 e. The molecule has 0 aliphatic heterocycles. The van der Waals surface area contributed by atoms with Crippen LogP contribution in [0.5, 0.6) is 0 Å². The molecule has 0 aliphatic rings. The van der Waals surface area contributed by atoms with Crippen LogP contribution in [0.4, 0.5) is 0 Å². The molecule has 1 N–H and O–H groups in total. The summed E-state index contributed by atoms with van der Waals surface area (Å²) < 4.78 is 1.20. The summed E-state index contributed by atoms with van der Waals surface area (Å²) >= 11 is 5.32. The summed E-state index contributed by atoms with van der Waals surface area (Å²) in [6, 6.07) is 2.21. The largest absolute Gasteiger partial charge is 0.318 e. The first-order valence-electron chi connectivity index (χ1n) is 5.36. The minimum absolute atomic E-state index is 1.06. The van der Waals surface area contributed by atoms with E-state index < -0.39 is 0 Å². The smallest absolute Gasteiger partial charge is 0.0328 e. The van der Waals surface area contributed by atoms with Crippen LogP contribution in [0.3, 0.4) is 0 Å². The predicted octanol–water partition coefficient (Wildman–Crippen LogP) is 2.94. The number of nitrogens with one attached hydrogen (secondary N) is 1. The lowest BCUT2D eigenvalue weighted by molar-refractivity contribution is 0.270. The summed E-state index contributed by atoms with van der Waals surface area (Å²) in [5, 5.41) is 5.35. The van der Waals surface area contributed by atoms with Gasteiger partial charge in [-0.25, -0.2) is 0 Å². The Morgan fingerprint density at radius 2 is 2.27 bits per heavy atom. The van der Waals surface area contributed by atoms with Gasteiger partial charge < -0.3 is 5.32 Å². The lowest BCUT2D eigenvalue weighted by Crippen LogP contribution is -2.30. The van der Waals surface area contributed by atoms with Gasteiger partial charge in [0.2, 0.25) is 0 Å². The summed E-state index contributed by atoms with van der Waals surface area (Å²) in [4.78, 5) is 3.93. The highest BCUT2D eigenvalue weighted by atomic mass is 79.9. The zero-order chi connectivity index (χ0) is 11.1. The first-order chi connectivity index (χ1) is 7.26. The van der Waals surface area contributed by atoms with Crippen molar-refractivity contribution >= 4 is 27.3 Å². The molecule has 1 heterocycles. The maximum atomic E-state index is 3.49. The van der Waals surface area contributed by atoms with Crippen LogP contribution < -0.4 is 5.32 Å². The fourth-order valence-electron chi connectivity index (χ4n) is 1.51. The van der Waals surface area contributed by atoms with E-state index in [2.05, 4.69) is 44.5 Å². The van der Waals surface area contributed by atoms with Gasteiger partial charge in [0.15, 0.2) is 0 Å². The number of hydrogen-bond donors (Lipinski definition) is 1. The highest BCUT2D eigenvalue weighted by Crippen LogP contribution is 2.21. The monoisotopic (exact) mass is 290 g/mol. The van der Waals surface area contributed by atoms with E-state index in [1.165, 1.54) is 22.3 Å². The van der Waals surface area contributed by atoms with Crippen molar-refractivity contribution < 1.29 is 0 Å². The van der Waals surface area contributed by atoms with Crippen LogP contribution in [0.2, 0.25) is 0 Å². The molecular formula is C11H19BrN2S. The van der Waals surface area contributed by atoms with Crippen molar-refractivity contribution in [1.29, 1.82) is 0 Å². The van der Waals surface area contributed by atoms with E-state index in [-0.39, 0.29) is 0 Å². The third-order valence-corrected chi connectivity index (χ3v) is 3.90. The summed E-state index contributed by atoms with van der Waals surface area (Å²) in [5.41, 5.74) is 0. The van der Waals surface area contributed by atoms with Gasteiger partial charge in [0.25, 0.3) is 0 Å². The molecular weight excluding hydrogens is 272 g/mol. The average Bonchev–Trinajstić information content (AvgIpc) is 2.61. The second-order valence-electron chi connectivity index (χ2n) is 3.61. The number of halogens is 1. The Labute approximate surface area is 105 Å². The molecule has 0 radical (unpaired) electrons. The Balaban J connectivity index is 2.42. The van der Waals surface area contributed by atoms with Crippen molar-refractivity contribution in [3.63, 3.8) is 0 Å². The molecule has 2 nitrogen and oxygen atoms in total. The fraction of sp³-hybridized carbons (Fsp3) is 0.636. The summed E-state index contributed by atoms with van der Waals surface area (Å²) in [5.74, 6) is 0. The van der Waals surface area contributed by atoms with Crippen molar-refractivity contribution in [2.24, 2.45) is 0 Å². The Morgan fingerprint density at radius 1 is 1.47 bits per heavy atom. The molecule has 0 aromatic carbocycles. The molecule has 0 bridgehead atoms. The average molecular weight is 291 g/mol. The maximum absolute atomic E-state index is 3.49. The van der Waals surface area contributed by atoms with Gasteiger partial charge in [-0.15, -0.1) is 11.3 Å². The molecule has 1 aromatic rings. The van der Waals surface area contributed by atoms with Crippen molar-refractivity contribution in [2.45, 2.75) is 19.9 Å². The van der Waals surface area contributed by atoms with E-state index in [1.807, 2.05) is 18.4 Å². The van der Waals surface area contributed by atoms with Gasteiger partial charge in [0.1, 0.15) is 0 Å². The molecule has 1 aromatic heterocycles. The molecule has 0 spiro atoms. The zero-order valence-corrected chi connectivity index (χ0v) is 11.8. The van der Waals surface area contributed by atoms with Crippen molar-refractivity contribution in [3.05, 3.63) is 20.8 Å².